The Labute approximate surface area is 109 Å². The van der Waals surface area contributed by atoms with Crippen LogP contribution in [-0.4, -0.2) is 20.5 Å². The summed E-state index contributed by atoms with van der Waals surface area (Å²) in [4.78, 5) is 15.3. The van der Waals surface area contributed by atoms with Gasteiger partial charge in [-0.15, -0.1) is 12.4 Å². The number of carboxylic acids is 1. The van der Waals surface area contributed by atoms with Crippen molar-refractivity contribution < 1.29 is 9.90 Å². The molecule has 4 nitrogen and oxygen atoms in total. The smallest absolute Gasteiger partial charge is 0.335 e. The number of halogens is 1. The van der Waals surface area contributed by atoms with Crippen molar-refractivity contribution in [3.05, 3.63) is 47.7 Å². The monoisotopic (exact) mass is 262 g/mol. The number of pyridine rings is 1. The zero-order chi connectivity index (χ0) is 12.0. The van der Waals surface area contributed by atoms with Crippen LogP contribution in [0, 0.1) is 6.92 Å². The fourth-order valence-electron chi connectivity index (χ4n) is 1.95. The highest BCUT2D eigenvalue weighted by Crippen LogP contribution is 2.18. The van der Waals surface area contributed by atoms with Crippen LogP contribution in [0.4, 0.5) is 0 Å². The quantitative estimate of drug-likeness (QED) is 0.734. The minimum absolute atomic E-state index is 0. The Morgan fingerprint density at radius 3 is 2.78 bits per heavy atom. The van der Waals surface area contributed by atoms with Gasteiger partial charge in [0, 0.05) is 6.20 Å². The molecular weight excluding hydrogens is 252 g/mol. The summed E-state index contributed by atoms with van der Waals surface area (Å²) in [6.45, 7) is 2.00. The first kappa shape index (κ1) is 12.4. The van der Waals surface area contributed by atoms with E-state index in [1.54, 1.807) is 18.2 Å². The lowest BCUT2D eigenvalue weighted by Gasteiger charge is -1.97. The third-order valence-electron chi connectivity index (χ3n) is 2.81. The first-order chi connectivity index (χ1) is 8.15. The number of imidazole rings is 1. The zero-order valence-corrected chi connectivity index (χ0v) is 10.4. The van der Waals surface area contributed by atoms with E-state index < -0.39 is 5.97 Å². The molecule has 2 heterocycles. The maximum atomic E-state index is 10.9. The third kappa shape index (κ3) is 1.80. The van der Waals surface area contributed by atoms with Gasteiger partial charge in [-0.2, -0.15) is 0 Å². The molecule has 0 unspecified atom stereocenters. The van der Waals surface area contributed by atoms with Crippen LogP contribution in [0.15, 0.2) is 36.5 Å². The third-order valence-corrected chi connectivity index (χ3v) is 2.81. The van der Waals surface area contributed by atoms with Crippen LogP contribution >= 0.6 is 12.4 Å². The van der Waals surface area contributed by atoms with Gasteiger partial charge >= 0.3 is 5.97 Å². The number of hydrogen-bond donors (Lipinski definition) is 1. The van der Waals surface area contributed by atoms with Crippen LogP contribution in [0.2, 0.25) is 0 Å². The highest BCUT2D eigenvalue weighted by molar-refractivity contribution is 5.93. The van der Waals surface area contributed by atoms with Gasteiger partial charge in [0.1, 0.15) is 5.65 Å². The van der Waals surface area contributed by atoms with E-state index in [0.717, 1.165) is 16.7 Å². The van der Waals surface area contributed by atoms with Crippen molar-refractivity contribution in [1.82, 2.24) is 9.38 Å². The maximum Gasteiger partial charge on any atom is 0.335 e. The summed E-state index contributed by atoms with van der Waals surface area (Å²) in [5.41, 5.74) is 3.85. The van der Waals surface area contributed by atoms with Crippen LogP contribution < -0.4 is 0 Å². The molecule has 92 valence electrons. The van der Waals surface area contributed by atoms with Gasteiger partial charge in [-0.1, -0.05) is 0 Å². The molecule has 0 saturated carbocycles. The Hall–Kier alpha value is -2.07. The first-order valence-electron chi connectivity index (χ1n) is 5.27. The predicted octanol–water partition coefficient (Wildman–Crippen LogP) is 2.92. The molecule has 0 atom stereocenters. The Kier molecular flexibility index (Phi) is 2.97. The van der Waals surface area contributed by atoms with Crippen molar-refractivity contribution in [1.29, 1.82) is 0 Å². The van der Waals surface area contributed by atoms with Gasteiger partial charge in [-0.3, -0.25) is 4.40 Å². The number of nitrogens with zero attached hydrogens (tertiary/aromatic N) is 2. The lowest BCUT2D eigenvalue weighted by Crippen LogP contribution is -1.95. The molecule has 0 spiro atoms. The van der Waals surface area contributed by atoms with Gasteiger partial charge in [0.05, 0.1) is 16.6 Å². The van der Waals surface area contributed by atoms with Crippen LogP contribution in [0.1, 0.15) is 15.9 Å². The van der Waals surface area contributed by atoms with Gasteiger partial charge in [-0.25, -0.2) is 9.78 Å². The minimum Gasteiger partial charge on any atom is -0.478 e. The fraction of sp³-hybridized carbons (Fsp3) is 0.0769. The zero-order valence-electron chi connectivity index (χ0n) is 9.62. The number of benzene rings is 1. The molecule has 2 aromatic heterocycles. The molecule has 0 saturated heterocycles. The summed E-state index contributed by atoms with van der Waals surface area (Å²) in [7, 11) is 0. The van der Waals surface area contributed by atoms with Crippen molar-refractivity contribution in [2.45, 2.75) is 6.92 Å². The van der Waals surface area contributed by atoms with Gasteiger partial charge in [0.2, 0.25) is 0 Å². The molecule has 1 aromatic carbocycles. The van der Waals surface area contributed by atoms with Crippen molar-refractivity contribution in [2.24, 2.45) is 0 Å². The van der Waals surface area contributed by atoms with Crippen LogP contribution in [0.25, 0.3) is 16.7 Å². The summed E-state index contributed by atoms with van der Waals surface area (Å²) >= 11 is 0. The number of carboxylic acid groups (broad SMARTS) is 1. The average molecular weight is 263 g/mol. The molecule has 0 aliphatic heterocycles. The molecule has 5 heteroatoms. The Morgan fingerprint density at radius 2 is 2.06 bits per heavy atom. The molecule has 1 N–H and O–H groups in total. The Balaban J connectivity index is 0.00000120. The lowest BCUT2D eigenvalue weighted by atomic mass is 10.2. The van der Waals surface area contributed by atoms with Gasteiger partial charge < -0.3 is 5.11 Å². The van der Waals surface area contributed by atoms with Crippen LogP contribution in [0.5, 0.6) is 0 Å². The van der Waals surface area contributed by atoms with E-state index in [9.17, 15) is 4.79 Å². The van der Waals surface area contributed by atoms with E-state index >= 15 is 0 Å². The average Bonchev–Trinajstić information content (AvgIpc) is 2.64. The number of aromatic carboxylic acids is 1. The van der Waals surface area contributed by atoms with Gasteiger partial charge in [0.15, 0.2) is 0 Å². The second-order valence-electron chi connectivity index (χ2n) is 4.05. The largest absolute Gasteiger partial charge is 0.478 e. The summed E-state index contributed by atoms with van der Waals surface area (Å²) < 4.78 is 1.95. The number of aromatic nitrogens is 2. The molecule has 0 bridgehead atoms. The second kappa shape index (κ2) is 4.31. The highest BCUT2D eigenvalue weighted by Gasteiger charge is 2.08. The number of carbonyl (C=O) groups is 1. The predicted molar refractivity (Wildman–Crippen MR) is 71.6 cm³/mol. The summed E-state index contributed by atoms with van der Waals surface area (Å²) in [6.07, 6.45) is 1.94. The summed E-state index contributed by atoms with van der Waals surface area (Å²) in [6, 6.07) is 8.95. The molecule has 0 fully saturated rings. The Morgan fingerprint density at radius 1 is 1.28 bits per heavy atom. The fourth-order valence-corrected chi connectivity index (χ4v) is 1.95. The first-order valence-corrected chi connectivity index (χ1v) is 5.27. The van der Waals surface area contributed by atoms with Crippen molar-refractivity contribution in [2.75, 3.05) is 0 Å². The molecular formula is C13H11ClN2O2. The van der Waals surface area contributed by atoms with E-state index in [4.69, 9.17) is 5.11 Å². The molecule has 3 rings (SSSR count). The molecule has 0 aliphatic rings. The van der Waals surface area contributed by atoms with Crippen LogP contribution in [0.3, 0.4) is 0 Å². The van der Waals surface area contributed by atoms with Crippen molar-refractivity contribution >= 4 is 35.1 Å². The molecule has 3 aromatic rings. The van der Waals surface area contributed by atoms with Gasteiger partial charge in [-0.05, 0) is 42.8 Å². The number of hydrogen-bond acceptors (Lipinski definition) is 2. The van der Waals surface area contributed by atoms with E-state index in [1.807, 2.05) is 29.7 Å². The highest BCUT2D eigenvalue weighted by atomic mass is 35.5. The normalized spacial score (nSPS) is 10.5. The standard InChI is InChI=1S/C13H10N2O2.ClH/c1-8-4-5-15-11-3-2-9(13(16)17)7-10(11)14-12(15)6-8;/h2-7H,1H3,(H,16,17);1H. The van der Waals surface area contributed by atoms with Gasteiger partial charge in [0.25, 0.3) is 0 Å². The van der Waals surface area contributed by atoms with E-state index in [2.05, 4.69) is 4.98 Å². The molecule has 0 amide bonds. The number of rotatable bonds is 1. The van der Waals surface area contributed by atoms with E-state index in [1.165, 1.54) is 0 Å². The van der Waals surface area contributed by atoms with Crippen molar-refractivity contribution in [3.63, 3.8) is 0 Å². The number of fused-ring (bicyclic) bond motifs is 3. The molecule has 0 radical (unpaired) electrons. The topological polar surface area (TPSA) is 54.6 Å². The minimum atomic E-state index is -0.930. The lowest BCUT2D eigenvalue weighted by molar-refractivity contribution is 0.0697. The van der Waals surface area contributed by atoms with Crippen LogP contribution in [-0.2, 0) is 0 Å². The SMILES string of the molecule is Cc1ccn2c(c1)nc1cc(C(=O)O)ccc12.Cl. The molecule has 18 heavy (non-hydrogen) atoms. The Bertz CT molecular complexity index is 749. The molecule has 0 aliphatic carbocycles. The summed E-state index contributed by atoms with van der Waals surface area (Å²) in [5.74, 6) is -0.930. The second-order valence-corrected chi connectivity index (χ2v) is 4.05. The van der Waals surface area contributed by atoms with E-state index in [-0.39, 0.29) is 18.0 Å². The summed E-state index contributed by atoms with van der Waals surface area (Å²) in [5, 5.41) is 8.93. The van der Waals surface area contributed by atoms with E-state index in [0.29, 0.717) is 5.52 Å². The maximum absolute atomic E-state index is 10.9. The van der Waals surface area contributed by atoms with Crippen molar-refractivity contribution in [3.8, 4) is 0 Å². The number of aryl methyl sites for hydroxylation is 1.